The second-order valence-corrected chi connectivity index (χ2v) is 10.4. The smallest absolute Gasteiger partial charge is 0.240 e. The van der Waals surface area contributed by atoms with Crippen LogP contribution < -0.4 is 4.72 Å². The molecule has 4 nitrogen and oxygen atoms in total. The molecule has 0 unspecified atom stereocenters. The molecule has 4 saturated carbocycles. The van der Waals surface area contributed by atoms with Gasteiger partial charge in [0.05, 0.1) is 17.1 Å². The minimum absolute atomic E-state index is 0.0423. The van der Waals surface area contributed by atoms with E-state index in [9.17, 15) is 8.42 Å². The van der Waals surface area contributed by atoms with E-state index in [0.717, 1.165) is 28.9 Å². The summed E-state index contributed by atoms with van der Waals surface area (Å²) in [6, 6.07) is 5.26. The quantitative estimate of drug-likeness (QED) is 0.786. The summed E-state index contributed by atoms with van der Waals surface area (Å²) in [6.45, 7) is 4.73. The van der Waals surface area contributed by atoms with E-state index < -0.39 is 10.0 Å². The third kappa shape index (κ3) is 3.51. The number of hydrogen-bond donors (Lipinski definition) is 1. The molecule has 4 bridgehead atoms. The van der Waals surface area contributed by atoms with Crippen molar-refractivity contribution in [2.24, 2.45) is 17.8 Å². The molecule has 0 atom stereocenters. The van der Waals surface area contributed by atoms with Gasteiger partial charge < -0.3 is 4.74 Å². The summed E-state index contributed by atoms with van der Waals surface area (Å²) in [7, 11) is -3.46. The van der Waals surface area contributed by atoms with Crippen molar-refractivity contribution in [1.82, 2.24) is 4.72 Å². The summed E-state index contributed by atoms with van der Waals surface area (Å²) < 4.78 is 33.9. The van der Waals surface area contributed by atoms with Gasteiger partial charge in [-0.1, -0.05) is 6.07 Å². The molecule has 4 aliphatic rings. The highest BCUT2D eigenvalue weighted by Gasteiger charge is 2.51. The van der Waals surface area contributed by atoms with E-state index in [-0.39, 0.29) is 5.60 Å². The lowest BCUT2D eigenvalue weighted by Gasteiger charge is -2.56. The Balaban J connectivity index is 1.32. The summed E-state index contributed by atoms with van der Waals surface area (Å²) >= 11 is 0. The van der Waals surface area contributed by atoms with Gasteiger partial charge in [0.25, 0.3) is 0 Å². The minimum atomic E-state index is -3.46. The normalized spacial score (nSPS) is 33.8. The van der Waals surface area contributed by atoms with Gasteiger partial charge >= 0.3 is 0 Å². The van der Waals surface area contributed by atoms with Gasteiger partial charge in [0.1, 0.15) is 0 Å². The van der Waals surface area contributed by atoms with Crippen LogP contribution in [0.1, 0.15) is 49.7 Å². The first kappa shape index (κ1) is 17.5. The van der Waals surface area contributed by atoms with Crippen LogP contribution in [0.2, 0.25) is 0 Å². The van der Waals surface area contributed by atoms with Crippen molar-refractivity contribution in [1.29, 1.82) is 0 Å². The van der Waals surface area contributed by atoms with Crippen molar-refractivity contribution in [2.45, 2.75) is 62.9 Å². The summed E-state index contributed by atoms with van der Waals surface area (Å²) in [5, 5.41) is 0. The largest absolute Gasteiger partial charge is 0.374 e. The molecule has 4 fully saturated rings. The monoisotopic (exact) mass is 363 g/mol. The van der Waals surface area contributed by atoms with Crippen LogP contribution in [0.4, 0.5) is 0 Å². The maximum Gasteiger partial charge on any atom is 0.240 e. The first-order valence-electron chi connectivity index (χ1n) is 9.56. The van der Waals surface area contributed by atoms with E-state index in [1.54, 1.807) is 12.1 Å². The molecule has 0 aromatic heterocycles. The van der Waals surface area contributed by atoms with Gasteiger partial charge in [0.2, 0.25) is 10.0 Å². The molecular formula is C20H29NO3S. The number of aryl methyl sites for hydroxylation is 2. The first-order chi connectivity index (χ1) is 11.9. The average Bonchev–Trinajstić information content (AvgIpc) is 2.53. The molecule has 0 spiro atoms. The number of nitrogens with one attached hydrogen (secondary N) is 1. The molecular weight excluding hydrogens is 334 g/mol. The Morgan fingerprint density at radius 3 is 2.20 bits per heavy atom. The predicted molar refractivity (Wildman–Crippen MR) is 98.0 cm³/mol. The van der Waals surface area contributed by atoms with E-state index in [1.807, 2.05) is 19.9 Å². The lowest BCUT2D eigenvalue weighted by molar-refractivity contribution is -0.160. The zero-order valence-corrected chi connectivity index (χ0v) is 16.1. The zero-order valence-electron chi connectivity index (χ0n) is 15.3. The predicted octanol–water partition coefficient (Wildman–Crippen LogP) is 3.57. The number of benzene rings is 1. The van der Waals surface area contributed by atoms with E-state index in [4.69, 9.17) is 4.74 Å². The lowest BCUT2D eigenvalue weighted by atomic mass is 9.54. The molecule has 0 amide bonds. The molecule has 5 heteroatoms. The molecule has 5 rings (SSSR count). The highest BCUT2D eigenvalue weighted by atomic mass is 32.2. The molecule has 0 heterocycles. The van der Waals surface area contributed by atoms with Crippen LogP contribution in [0.3, 0.4) is 0 Å². The van der Waals surface area contributed by atoms with Crippen LogP contribution in [0.15, 0.2) is 23.1 Å². The third-order valence-electron chi connectivity index (χ3n) is 6.57. The highest BCUT2D eigenvalue weighted by Crippen LogP contribution is 2.57. The van der Waals surface area contributed by atoms with Crippen LogP contribution in [-0.2, 0) is 14.8 Å². The van der Waals surface area contributed by atoms with Gasteiger partial charge in [-0.2, -0.15) is 0 Å². The fourth-order valence-electron chi connectivity index (χ4n) is 5.62. The Morgan fingerprint density at radius 2 is 1.64 bits per heavy atom. The maximum absolute atomic E-state index is 12.5. The van der Waals surface area contributed by atoms with Crippen molar-refractivity contribution >= 4 is 10.0 Å². The summed E-state index contributed by atoms with van der Waals surface area (Å²) in [5.74, 6) is 2.54. The number of hydrogen-bond acceptors (Lipinski definition) is 3. The molecule has 0 aliphatic heterocycles. The Labute approximate surface area is 151 Å². The van der Waals surface area contributed by atoms with Crippen molar-refractivity contribution in [3.05, 3.63) is 29.3 Å². The molecule has 0 radical (unpaired) electrons. The Morgan fingerprint density at radius 1 is 1.04 bits per heavy atom. The van der Waals surface area contributed by atoms with Gasteiger partial charge in [0.15, 0.2) is 0 Å². The molecule has 138 valence electrons. The maximum atomic E-state index is 12.5. The van der Waals surface area contributed by atoms with Crippen molar-refractivity contribution in [2.75, 3.05) is 13.2 Å². The van der Waals surface area contributed by atoms with Gasteiger partial charge in [0, 0.05) is 6.54 Å². The fourth-order valence-corrected chi connectivity index (χ4v) is 6.71. The van der Waals surface area contributed by atoms with Crippen LogP contribution in [0, 0.1) is 31.6 Å². The van der Waals surface area contributed by atoms with Gasteiger partial charge in [-0.25, -0.2) is 13.1 Å². The van der Waals surface area contributed by atoms with Crippen LogP contribution in [-0.4, -0.2) is 27.2 Å². The fraction of sp³-hybridized carbons (Fsp3) is 0.700. The van der Waals surface area contributed by atoms with Gasteiger partial charge in [-0.05, 0) is 93.4 Å². The van der Waals surface area contributed by atoms with Crippen LogP contribution >= 0.6 is 0 Å². The zero-order chi connectivity index (χ0) is 17.7. The number of rotatable bonds is 6. The Bertz CT molecular complexity index is 721. The summed E-state index contributed by atoms with van der Waals surface area (Å²) in [4.78, 5) is 0.338. The first-order valence-corrected chi connectivity index (χ1v) is 11.0. The SMILES string of the molecule is Cc1ccc(S(=O)(=O)NCCOC23CC4CC(CC(C4)C2)C3)cc1C. The second-order valence-electron chi connectivity index (χ2n) is 8.59. The Hall–Kier alpha value is -0.910. The second kappa shape index (κ2) is 6.36. The van der Waals surface area contributed by atoms with E-state index >= 15 is 0 Å². The summed E-state index contributed by atoms with van der Waals surface area (Å²) in [5.41, 5.74) is 2.14. The topological polar surface area (TPSA) is 55.4 Å². The van der Waals surface area contributed by atoms with Crippen LogP contribution in [0.25, 0.3) is 0 Å². The molecule has 25 heavy (non-hydrogen) atoms. The van der Waals surface area contributed by atoms with E-state index in [2.05, 4.69) is 4.72 Å². The van der Waals surface area contributed by atoms with Gasteiger partial charge in [-0.15, -0.1) is 0 Å². The minimum Gasteiger partial charge on any atom is -0.374 e. The average molecular weight is 364 g/mol. The summed E-state index contributed by atoms with van der Waals surface area (Å²) in [6.07, 6.45) is 7.72. The van der Waals surface area contributed by atoms with Crippen molar-refractivity contribution < 1.29 is 13.2 Å². The molecule has 4 aliphatic carbocycles. The number of sulfonamides is 1. The van der Waals surface area contributed by atoms with Crippen molar-refractivity contribution in [3.63, 3.8) is 0 Å². The van der Waals surface area contributed by atoms with Crippen LogP contribution in [0.5, 0.6) is 0 Å². The van der Waals surface area contributed by atoms with E-state index in [0.29, 0.717) is 18.0 Å². The standard InChI is InChI=1S/C20H29NO3S/c1-14-3-4-19(7-15(14)2)25(22,23)21-5-6-24-20-11-16-8-17(12-20)10-18(9-16)13-20/h3-4,7,16-18,21H,5-6,8-13H2,1-2H3. The third-order valence-corrected chi connectivity index (χ3v) is 8.03. The number of ether oxygens (including phenoxy) is 1. The molecule has 1 aromatic carbocycles. The van der Waals surface area contributed by atoms with Gasteiger partial charge in [-0.3, -0.25) is 0 Å². The molecule has 1 aromatic rings. The van der Waals surface area contributed by atoms with Crippen molar-refractivity contribution in [3.8, 4) is 0 Å². The molecule has 1 N–H and O–H groups in total. The lowest BCUT2D eigenvalue weighted by Crippen LogP contribution is -2.52. The van der Waals surface area contributed by atoms with E-state index in [1.165, 1.54) is 38.5 Å². The highest BCUT2D eigenvalue weighted by molar-refractivity contribution is 7.89. The Kier molecular flexibility index (Phi) is 4.45. The molecule has 0 saturated heterocycles.